The van der Waals surface area contributed by atoms with Crippen LogP contribution >= 0.6 is 35.3 Å². The number of hydrogen-bond acceptors (Lipinski definition) is 5. The zero-order valence-corrected chi connectivity index (χ0v) is 21.0. The Hall–Kier alpha value is -1.55. The minimum absolute atomic E-state index is 0. The fourth-order valence-corrected chi connectivity index (χ4v) is 3.70. The quantitative estimate of drug-likeness (QED) is 0.345. The number of hydrogen-bond donors (Lipinski definition) is 1. The highest BCUT2D eigenvalue weighted by Crippen LogP contribution is 2.35. The topological polar surface area (TPSA) is 59.0 Å². The summed E-state index contributed by atoms with van der Waals surface area (Å²) in [5.41, 5.74) is 2.13. The number of ether oxygens (including phenoxy) is 2. The van der Waals surface area contributed by atoms with Crippen molar-refractivity contribution < 1.29 is 9.47 Å². The molecule has 0 unspecified atom stereocenters. The molecule has 29 heavy (non-hydrogen) atoms. The van der Waals surface area contributed by atoms with Gasteiger partial charge >= 0.3 is 0 Å². The lowest BCUT2D eigenvalue weighted by Gasteiger charge is -2.27. The Morgan fingerprint density at radius 2 is 2.00 bits per heavy atom. The second kappa shape index (κ2) is 10.5. The summed E-state index contributed by atoms with van der Waals surface area (Å²) in [5.74, 6) is 2.53. The predicted octanol–water partition coefficient (Wildman–Crippen LogP) is 4.22. The molecule has 0 radical (unpaired) electrons. The van der Waals surface area contributed by atoms with E-state index < -0.39 is 0 Å². The van der Waals surface area contributed by atoms with Crippen molar-refractivity contribution in [2.45, 2.75) is 39.7 Å². The lowest BCUT2D eigenvalue weighted by atomic mass is 9.84. The van der Waals surface area contributed by atoms with Gasteiger partial charge in [0.05, 0.1) is 23.8 Å². The van der Waals surface area contributed by atoms with Crippen LogP contribution < -0.4 is 14.8 Å². The van der Waals surface area contributed by atoms with Gasteiger partial charge in [-0.15, -0.1) is 35.3 Å². The molecule has 6 nitrogen and oxygen atoms in total. The number of fused-ring (bicyclic) bond motifs is 1. The molecule has 1 aromatic heterocycles. The molecule has 8 heteroatoms. The minimum atomic E-state index is -0.130. The SMILES string of the molecule is CCNC(=NCC(C)(C)c1ccc2c(c1)OCCO2)N(C)Cc1csc(C)n1.I. The maximum Gasteiger partial charge on any atom is 0.194 e. The Labute approximate surface area is 194 Å². The van der Waals surface area contributed by atoms with Crippen LogP contribution in [-0.4, -0.2) is 49.2 Å². The molecule has 0 fully saturated rings. The number of guanidine groups is 1. The Balaban J connectivity index is 0.00000300. The van der Waals surface area contributed by atoms with Crippen molar-refractivity contribution in [2.24, 2.45) is 4.99 Å². The summed E-state index contributed by atoms with van der Waals surface area (Å²) in [7, 11) is 2.05. The molecule has 2 heterocycles. The molecular weight excluding hydrogens is 499 g/mol. The molecule has 0 saturated heterocycles. The smallest absolute Gasteiger partial charge is 0.194 e. The standard InChI is InChI=1S/C21H30N4O2S.HI/c1-6-22-20(25(5)12-17-13-28-15(2)24-17)23-14-21(3,4)16-7-8-18-19(11-16)27-10-9-26-18;/h7-8,11,13H,6,9-10,12,14H2,1-5H3,(H,22,23);1H. The molecule has 0 atom stereocenters. The van der Waals surface area contributed by atoms with Crippen LogP contribution in [0.3, 0.4) is 0 Å². The van der Waals surface area contributed by atoms with Gasteiger partial charge in [-0.1, -0.05) is 19.9 Å². The first-order valence-corrected chi connectivity index (χ1v) is 10.6. The molecule has 3 rings (SSSR count). The van der Waals surface area contributed by atoms with E-state index in [9.17, 15) is 0 Å². The maximum atomic E-state index is 5.74. The fourth-order valence-electron chi connectivity index (χ4n) is 3.10. The Morgan fingerprint density at radius 3 is 2.66 bits per heavy atom. The minimum Gasteiger partial charge on any atom is -0.486 e. The second-order valence-corrected chi connectivity index (χ2v) is 8.69. The molecule has 0 saturated carbocycles. The molecule has 1 aliphatic rings. The van der Waals surface area contributed by atoms with Gasteiger partial charge in [-0.25, -0.2) is 4.98 Å². The van der Waals surface area contributed by atoms with Crippen LogP contribution in [0.2, 0.25) is 0 Å². The van der Waals surface area contributed by atoms with Gasteiger partial charge in [-0.3, -0.25) is 4.99 Å². The van der Waals surface area contributed by atoms with Crippen molar-refractivity contribution in [1.29, 1.82) is 0 Å². The lowest BCUT2D eigenvalue weighted by Crippen LogP contribution is -2.39. The molecule has 1 aromatic carbocycles. The molecule has 0 spiro atoms. The first-order chi connectivity index (χ1) is 13.4. The van der Waals surface area contributed by atoms with Crippen LogP contribution in [0.5, 0.6) is 11.5 Å². The van der Waals surface area contributed by atoms with Crippen LogP contribution in [0, 0.1) is 6.92 Å². The number of aromatic nitrogens is 1. The number of nitrogens with one attached hydrogen (secondary N) is 1. The van der Waals surface area contributed by atoms with E-state index in [1.165, 1.54) is 5.56 Å². The highest BCUT2D eigenvalue weighted by molar-refractivity contribution is 14.0. The highest BCUT2D eigenvalue weighted by atomic mass is 127. The molecular formula is C21H31IN4O2S. The van der Waals surface area contributed by atoms with Gasteiger partial charge in [-0.2, -0.15) is 0 Å². The van der Waals surface area contributed by atoms with Crippen molar-refractivity contribution in [2.75, 3.05) is 33.4 Å². The zero-order chi connectivity index (χ0) is 20.1. The van der Waals surface area contributed by atoms with Gasteiger partial charge in [0.1, 0.15) is 13.2 Å². The molecule has 0 amide bonds. The van der Waals surface area contributed by atoms with Gasteiger partial charge in [-0.05, 0) is 31.5 Å². The number of nitrogens with zero attached hydrogens (tertiary/aromatic N) is 3. The number of rotatable bonds is 6. The van der Waals surface area contributed by atoms with Crippen molar-refractivity contribution >= 4 is 41.3 Å². The second-order valence-electron chi connectivity index (χ2n) is 7.63. The van der Waals surface area contributed by atoms with Gasteiger partial charge in [0.25, 0.3) is 0 Å². The van der Waals surface area contributed by atoms with Crippen molar-refractivity contribution in [3.63, 3.8) is 0 Å². The Bertz CT molecular complexity index is 838. The summed E-state index contributed by atoms with van der Waals surface area (Å²) < 4.78 is 11.4. The fraction of sp³-hybridized carbons (Fsp3) is 0.524. The lowest BCUT2D eigenvalue weighted by molar-refractivity contribution is 0.171. The van der Waals surface area contributed by atoms with E-state index in [2.05, 4.69) is 53.5 Å². The molecule has 1 aliphatic heterocycles. The molecule has 0 bridgehead atoms. The normalized spacial score (nSPS) is 13.6. The van der Waals surface area contributed by atoms with E-state index in [0.717, 1.165) is 41.2 Å². The molecule has 160 valence electrons. The molecule has 0 aliphatic carbocycles. The Morgan fingerprint density at radius 1 is 1.28 bits per heavy atom. The van der Waals surface area contributed by atoms with E-state index >= 15 is 0 Å². The molecule has 2 aromatic rings. The summed E-state index contributed by atoms with van der Waals surface area (Å²) in [4.78, 5) is 11.6. The monoisotopic (exact) mass is 530 g/mol. The number of thiazole rings is 1. The van der Waals surface area contributed by atoms with Crippen LogP contribution in [0.1, 0.15) is 37.0 Å². The van der Waals surface area contributed by atoms with Crippen molar-refractivity contribution in [1.82, 2.24) is 15.2 Å². The zero-order valence-electron chi connectivity index (χ0n) is 17.8. The van der Waals surface area contributed by atoms with Gasteiger partial charge in [0, 0.05) is 24.4 Å². The van der Waals surface area contributed by atoms with E-state index in [4.69, 9.17) is 14.5 Å². The predicted molar refractivity (Wildman–Crippen MR) is 130 cm³/mol. The van der Waals surface area contributed by atoms with Gasteiger partial charge < -0.3 is 19.7 Å². The van der Waals surface area contributed by atoms with E-state index in [-0.39, 0.29) is 29.4 Å². The highest BCUT2D eigenvalue weighted by Gasteiger charge is 2.24. The number of aliphatic imine (C=N–C) groups is 1. The number of aryl methyl sites for hydroxylation is 1. The Kier molecular flexibility index (Phi) is 8.57. The van der Waals surface area contributed by atoms with E-state index in [1.807, 2.05) is 20.0 Å². The van der Waals surface area contributed by atoms with Crippen LogP contribution in [-0.2, 0) is 12.0 Å². The molecule has 1 N–H and O–H groups in total. The van der Waals surface area contributed by atoms with Crippen molar-refractivity contribution in [3.05, 3.63) is 39.8 Å². The van der Waals surface area contributed by atoms with E-state index in [1.54, 1.807) is 11.3 Å². The number of benzene rings is 1. The third-order valence-electron chi connectivity index (χ3n) is 4.71. The summed E-state index contributed by atoms with van der Waals surface area (Å²) in [6, 6.07) is 6.19. The summed E-state index contributed by atoms with van der Waals surface area (Å²) in [6.45, 7) is 12.0. The van der Waals surface area contributed by atoms with E-state index in [0.29, 0.717) is 19.8 Å². The maximum absolute atomic E-state index is 5.74. The van der Waals surface area contributed by atoms with Crippen LogP contribution in [0.15, 0.2) is 28.6 Å². The summed E-state index contributed by atoms with van der Waals surface area (Å²) in [6.07, 6.45) is 0. The van der Waals surface area contributed by atoms with Gasteiger partial charge in [0.2, 0.25) is 0 Å². The summed E-state index contributed by atoms with van der Waals surface area (Å²) in [5, 5.41) is 6.58. The van der Waals surface area contributed by atoms with Crippen LogP contribution in [0.4, 0.5) is 0 Å². The third-order valence-corrected chi connectivity index (χ3v) is 5.53. The average Bonchev–Trinajstić information content (AvgIpc) is 3.09. The van der Waals surface area contributed by atoms with Crippen molar-refractivity contribution in [3.8, 4) is 11.5 Å². The largest absolute Gasteiger partial charge is 0.486 e. The van der Waals surface area contributed by atoms with Gasteiger partial charge in [0.15, 0.2) is 17.5 Å². The number of halogens is 1. The average molecular weight is 530 g/mol. The first-order valence-electron chi connectivity index (χ1n) is 9.69. The summed E-state index contributed by atoms with van der Waals surface area (Å²) >= 11 is 1.68. The first kappa shape index (κ1) is 23.7. The van der Waals surface area contributed by atoms with Crippen LogP contribution in [0.25, 0.3) is 0 Å². The third kappa shape index (κ3) is 6.21.